The van der Waals surface area contributed by atoms with Crippen molar-refractivity contribution in [2.45, 2.75) is 19.9 Å². The molecule has 0 saturated heterocycles. The molecule has 2 aromatic rings. The number of carbonyl (C=O) groups excluding carboxylic acids is 2. The van der Waals surface area contributed by atoms with Crippen LogP contribution in [-0.4, -0.2) is 37.0 Å². The van der Waals surface area contributed by atoms with Crippen LogP contribution in [0, 0.1) is 10.1 Å². The number of nitrogens with one attached hydrogen (secondary N) is 2. The van der Waals surface area contributed by atoms with Crippen molar-refractivity contribution < 1.29 is 24.1 Å². The summed E-state index contributed by atoms with van der Waals surface area (Å²) in [6.07, 6.45) is 0.749. The SMILES string of the molecule is CCOC(=O)c1c(NC(=O)c2ccc([N+](=O)[O-])cc2)sc2c1CC[NH+](C)C2. The first kappa shape index (κ1) is 19.0. The van der Waals surface area contributed by atoms with Gasteiger partial charge in [-0.15, -0.1) is 11.3 Å². The van der Waals surface area contributed by atoms with Crippen molar-refractivity contribution in [3.05, 3.63) is 55.9 Å². The van der Waals surface area contributed by atoms with Crippen LogP contribution in [-0.2, 0) is 17.7 Å². The molecule has 3 rings (SSSR count). The zero-order valence-corrected chi connectivity index (χ0v) is 15.9. The first-order chi connectivity index (χ1) is 12.9. The van der Waals surface area contributed by atoms with Gasteiger partial charge in [0.25, 0.3) is 11.6 Å². The predicted molar refractivity (Wildman–Crippen MR) is 100 cm³/mol. The number of ether oxygens (including phenoxy) is 1. The number of benzene rings is 1. The standard InChI is InChI=1S/C18H19N3O5S/c1-3-26-18(23)15-13-8-9-20(2)10-14(13)27-17(15)19-16(22)11-4-6-12(7-5-11)21(24)25/h4-7H,3,8-10H2,1-2H3,(H,19,22)/p+1. The number of anilines is 1. The molecule has 0 radical (unpaired) electrons. The second-order valence-corrected chi connectivity index (χ2v) is 7.43. The number of thiophene rings is 1. The van der Waals surface area contributed by atoms with Crippen molar-refractivity contribution in [2.75, 3.05) is 25.5 Å². The number of nitro benzene ring substituents is 1. The Bertz CT molecular complexity index is 891. The molecule has 9 heteroatoms. The van der Waals surface area contributed by atoms with Crippen LogP contribution in [0.15, 0.2) is 24.3 Å². The van der Waals surface area contributed by atoms with E-state index in [1.807, 2.05) is 0 Å². The second kappa shape index (κ2) is 7.85. The Morgan fingerprint density at radius 1 is 1.33 bits per heavy atom. The molecule has 1 amide bonds. The molecular weight excluding hydrogens is 370 g/mol. The minimum Gasteiger partial charge on any atom is -0.462 e. The van der Waals surface area contributed by atoms with Crippen LogP contribution in [0.3, 0.4) is 0 Å². The van der Waals surface area contributed by atoms with Crippen LogP contribution in [0.2, 0.25) is 0 Å². The summed E-state index contributed by atoms with van der Waals surface area (Å²) < 4.78 is 5.18. The molecule has 27 heavy (non-hydrogen) atoms. The third-order valence-electron chi connectivity index (χ3n) is 4.40. The monoisotopic (exact) mass is 390 g/mol. The number of amides is 1. The zero-order valence-electron chi connectivity index (χ0n) is 15.0. The Morgan fingerprint density at radius 2 is 2.04 bits per heavy atom. The van der Waals surface area contributed by atoms with Crippen molar-refractivity contribution >= 4 is 33.9 Å². The summed E-state index contributed by atoms with van der Waals surface area (Å²) in [5.41, 5.74) is 1.57. The van der Waals surface area contributed by atoms with Gasteiger partial charge in [0.05, 0.1) is 35.6 Å². The molecule has 0 bridgehead atoms. The van der Waals surface area contributed by atoms with Crippen LogP contribution >= 0.6 is 11.3 Å². The van der Waals surface area contributed by atoms with E-state index in [0.29, 0.717) is 10.6 Å². The fraction of sp³-hybridized carbons (Fsp3) is 0.333. The summed E-state index contributed by atoms with van der Waals surface area (Å²) in [5, 5.41) is 14.0. The van der Waals surface area contributed by atoms with E-state index in [4.69, 9.17) is 4.74 Å². The fourth-order valence-electron chi connectivity index (χ4n) is 3.04. The van der Waals surface area contributed by atoms with Crippen molar-refractivity contribution in [1.82, 2.24) is 0 Å². The molecule has 0 saturated carbocycles. The Kier molecular flexibility index (Phi) is 5.52. The number of quaternary nitrogens is 1. The van der Waals surface area contributed by atoms with Gasteiger partial charge in [-0.2, -0.15) is 0 Å². The molecule has 1 aliphatic rings. The largest absolute Gasteiger partial charge is 0.462 e. The number of hydrogen-bond acceptors (Lipinski definition) is 6. The van der Waals surface area contributed by atoms with E-state index in [2.05, 4.69) is 12.4 Å². The lowest BCUT2D eigenvalue weighted by molar-refractivity contribution is -0.895. The van der Waals surface area contributed by atoms with E-state index in [0.717, 1.165) is 30.0 Å². The number of nitro groups is 1. The number of carbonyl (C=O) groups is 2. The van der Waals surface area contributed by atoms with Gasteiger partial charge in [0.2, 0.25) is 0 Å². The van der Waals surface area contributed by atoms with Crippen LogP contribution in [0.1, 0.15) is 38.1 Å². The van der Waals surface area contributed by atoms with Crippen molar-refractivity contribution in [1.29, 1.82) is 0 Å². The molecule has 2 heterocycles. The predicted octanol–water partition coefficient (Wildman–Crippen LogP) is 1.66. The zero-order chi connectivity index (χ0) is 19.6. The number of hydrogen-bond donors (Lipinski definition) is 2. The molecule has 0 fully saturated rings. The summed E-state index contributed by atoms with van der Waals surface area (Å²) in [4.78, 5) is 37.7. The van der Waals surface area contributed by atoms with Gasteiger partial charge >= 0.3 is 5.97 Å². The minimum atomic E-state index is -0.521. The van der Waals surface area contributed by atoms with Gasteiger partial charge in [-0.1, -0.05) is 0 Å². The molecule has 1 unspecified atom stereocenters. The maximum atomic E-state index is 12.6. The van der Waals surface area contributed by atoms with Gasteiger partial charge in [0, 0.05) is 24.1 Å². The summed E-state index contributed by atoms with van der Waals surface area (Å²) in [6, 6.07) is 5.34. The quantitative estimate of drug-likeness (QED) is 0.459. The van der Waals surface area contributed by atoms with Crippen molar-refractivity contribution in [3.63, 3.8) is 0 Å². The molecular formula is C18H20N3O5S+. The third-order valence-corrected chi connectivity index (χ3v) is 5.55. The number of non-ortho nitro benzene ring substituents is 1. The van der Waals surface area contributed by atoms with Gasteiger partial charge in [-0.05, 0) is 24.6 Å². The highest BCUT2D eigenvalue weighted by Gasteiger charge is 2.30. The summed E-state index contributed by atoms with van der Waals surface area (Å²) in [7, 11) is 2.09. The van der Waals surface area contributed by atoms with E-state index in [-0.39, 0.29) is 17.9 Å². The minimum absolute atomic E-state index is 0.0867. The highest BCUT2D eigenvalue weighted by atomic mass is 32.1. The number of nitrogens with zero attached hydrogens (tertiary/aromatic N) is 1. The molecule has 0 spiro atoms. The molecule has 1 aromatic heterocycles. The van der Waals surface area contributed by atoms with E-state index in [9.17, 15) is 19.7 Å². The molecule has 142 valence electrons. The van der Waals surface area contributed by atoms with Gasteiger partial charge in [0.1, 0.15) is 11.5 Å². The third kappa shape index (κ3) is 3.99. The summed E-state index contributed by atoms with van der Waals surface area (Å²) in [6.45, 7) is 3.69. The molecule has 2 N–H and O–H groups in total. The first-order valence-corrected chi connectivity index (χ1v) is 9.41. The number of fused-ring (bicyclic) bond motifs is 1. The molecule has 8 nitrogen and oxygen atoms in total. The Balaban J connectivity index is 1.90. The van der Waals surface area contributed by atoms with Crippen molar-refractivity contribution in [3.8, 4) is 0 Å². The lowest BCUT2D eigenvalue weighted by Gasteiger charge is -2.19. The smallest absolute Gasteiger partial charge is 0.341 e. The Labute approximate surface area is 159 Å². The summed E-state index contributed by atoms with van der Waals surface area (Å²) >= 11 is 1.39. The molecule has 0 aliphatic carbocycles. The van der Waals surface area contributed by atoms with Crippen LogP contribution in [0.5, 0.6) is 0 Å². The van der Waals surface area contributed by atoms with E-state index in [1.54, 1.807) is 6.92 Å². The van der Waals surface area contributed by atoms with Crippen molar-refractivity contribution in [2.24, 2.45) is 0 Å². The average Bonchev–Trinajstić information content (AvgIpc) is 2.98. The van der Waals surface area contributed by atoms with E-state index < -0.39 is 16.8 Å². The maximum Gasteiger partial charge on any atom is 0.341 e. The molecule has 1 atom stereocenters. The lowest BCUT2D eigenvalue weighted by Crippen LogP contribution is -3.08. The normalized spacial score (nSPS) is 15.7. The van der Waals surface area contributed by atoms with Gasteiger partial charge in [-0.3, -0.25) is 14.9 Å². The topological polar surface area (TPSA) is 103 Å². The Hall–Kier alpha value is -2.78. The fourth-order valence-corrected chi connectivity index (χ4v) is 4.38. The highest BCUT2D eigenvalue weighted by Crippen LogP contribution is 2.35. The van der Waals surface area contributed by atoms with Crippen LogP contribution < -0.4 is 10.2 Å². The Morgan fingerprint density at radius 3 is 2.67 bits per heavy atom. The van der Waals surface area contributed by atoms with Gasteiger partial charge in [0.15, 0.2) is 0 Å². The molecule has 1 aliphatic heterocycles. The summed E-state index contributed by atoms with van der Waals surface area (Å²) in [5.74, 6) is -0.858. The first-order valence-electron chi connectivity index (χ1n) is 8.59. The van der Waals surface area contributed by atoms with Gasteiger partial charge in [-0.25, -0.2) is 4.79 Å². The second-order valence-electron chi connectivity index (χ2n) is 6.32. The number of rotatable bonds is 5. The van der Waals surface area contributed by atoms with E-state index >= 15 is 0 Å². The number of likely N-dealkylation sites (N-methyl/N-ethyl adjacent to an activating group) is 1. The molecule has 1 aromatic carbocycles. The average molecular weight is 390 g/mol. The highest BCUT2D eigenvalue weighted by molar-refractivity contribution is 7.17. The van der Waals surface area contributed by atoms with Crippen LogP contribution in [0.4, 0.5) is 10.7 Å². The maximum absolute atomic E-state index is 12.6. The number of esters is 1. The van der Waals surface area contributed by atoms with Crippen LogP contribution in [0.25, 0.3) is 0 Å². The van der Waals surface area contributed by atoms with E-state index in [1.165, 1.54) is 40.5 Å². The van der Waals surface area contributed by atoms with Gasteiger partial charge < -0.3 is 15.0 Å². The lowest BCUT2D eigenvalue weighted by atomic mass is 10.0.